The molecule has 1 heterocycles. The number of nitrogens with zero attached hydrogens (tertiary/aromatic N) is 1. The van der Waals surface area contributed by atoms with E-state index in [0.29, 0.717) is 22.2 Å². The molecule has 1 saturated heterocycles. The summed E-state index contributed by atoms with van der Waals surface area (Å²) in [6, 6.07) is 2.27. The molecule has 2 N–H and O–H groups in total. The average molecular weight is 509 g/mol. The number of phenolic OH excluding ortho intramolecular Hbond substituents is 1. The van der Waals surface area contributed by atoms with Crippen LogP contribution < -0.4 is 10.1 Å². The van der Waals surface area contributed by atoms with Crippen LogP contribution in [0.1, 0.15) is 31.9 Å². The SMILES string of the molecule is COc1cc([C@H](CC(C)C)N2CCNCC2)c(Br)c(Br)c1O.Cl.Cl. The Morgan fingerprint density at radius 1 is 1.21 bits per heavy atom. The third-order valence-corrected chi connectivity index (χ3v) is 6.20. The second-order valence-corrected chi connectivity index (χ2v) is 7.66. The Bertz CT molecular complexity index is 527. The first kappa shape index (κ1) is 24.3. The van der Waals surface area contributed by atoms with Crippen molar-refractivity contribution in [3.8, 4) is 11.5 Å². The van der Waals surface area contributed by atoms with Crippen molar-refractivity contribution in [2.24, 2.45) is 5.92 Å². The number of halogens is 4. The van der Waals surface area contributed by atoms with Gasteiger partial charge in [0, 0.05) is 36.7 Å². The lowest BCUT2D eigenvalue weighted by Gasteiger charge is -2.37. The van der Waals surface area contributed by atoms with Gasteiger partial charge in [-0.1, -0.05) is 13.8 Å². The number of ether oxygens (including phenoxy) is 1. The van der Waals surface area contributed by atoms with Crippen LogP contribution in [0.3, 0.4) is 0 Å². The number of aromatic hydroxyl groups is 1. The van der Waals surface area contributed by atoms with Crippen LogP contribution in [-0.2, 0) is 0 Å². The largest absolute Gasteiger partial charge is 0.503 e. The Balaban J connectivity index is 0.00000264. The minimum atomic E-state index is 0. The summed E-state index contributed by atoms with van der Waals surface area (Å²) in [6.45, 7) is 8.59. The molecule has 4 nitrogen and oxygen atoms in total. The van der Waals surface area contributed by atoms with E-state index in [0.717, 1.165) is 42.6 Å². The lowest BCUT2D eigenvalue weighted by Crippen LogP contribution is -2.45. The summed E-state index contributed by atoms with van der Waals surface area (Å²) in [5, 5.41) is 13.6. The first-order valence-electron chi connectivity index (χ1n) is 7.65. The van der Waals surface area contributed by atoms with E-state index in [-0.39, 0.29) is 30.6 Å². The molecule has 140 valence electrons. The molecule has 1 aromatic rings. The van der Waals surface area contributed by atoms with Gasteiger partial charge in [-0.2, -0.15) is 0 Å². The van der Waals surface area contributed by atoms with Crippen molar-refractivity contribution >= 4 is 56.7 Å². The van der Waals surface area contributed by atoms with Crippen molar-refractivity contribution in [1.29, 1.82) is 0 Å². The minimum absolute atomic E-state index is 0. The van der Waals surface area contributed by atoms with Crippen LogP contribution in [0.5, 0.6) is 11.5 Å². The number of hydrogen-bond acceptors (Lipinski definition) is 4. The van der Waals surface area contributed by atoms with Gasteiger partial charge in [-0.05, 0) is 55.8 Å². The van der Waals surface area contributed by atoms with Crippen molar-refractivity contribution in [2.45, 2.75) is 26.3 Å². The molecule has 0 saturated carbocycles. The maximum absolute atomic E-state index is 10.2. The van der Waals surface area contributed by atoms with Gasteiger partial charge in [0.15, 0.2) is 11.5 Å². The van der Waals surface area contributed by atoms with E-state index in [1.807, 2.05) is 6.07 Å². The zero-order valence-corrected chi connectivity index (χ0v) is 18.9. The zero-order chi connectivity index (χ0) is 16.3. The summed E-state index contributed by atoms with van der Waals surface area (Å²) in [6.07, 6.45) is 1.07. The summed E-state index contributed by atoms with van der Waals surface area (Å²) < 4.78 is 6.90. The van der Waals surface area contributed by atoms with Crippen LogP contribution in [0.25, 0.3) is 0 Å². The van der Waals surface area contributed by atoms with Gasteiger partial charge in [0.2, 0.25) is 0 Å². The van der Waals surface area contributed by atoms with E-state index < -0.39 is 0 Å². The van der Waals surface area contributed by atoms with Crippen LogP contribution in [-0.4, -0.2) is 43.3 Å². The van der Waals surface area contributed by atoms with Gasteiger partial charge in [0.25, 0.3) is 0 Å². The molecule has 0 amide bonds. The topological polar surface area (TPSA) is 44.7 Å². The van der Waals surface area contributed by atoms with Crippen molar-refractivity contribution in [3.63, 3.8) is 0 Å². The molecule has 1 aliphatic rings. The molecule has 2 rings (SSSR count). The zero-order valence-electron chi connectivity index (χ0n) is 14.1. The van der Waals surface area contributed by atoms with E-state index in [1.54, 1.807) is 7.11 Å². The van der Waals surface area contributed by atoms with Gasteiger partial charge >= 0.3 is 0 Å². The highest BCUT2D eigenvalue weighted by Gasteiger charge is 2.27. The molecule has 1 fully saturated rings. The Morgan fingerprint density at radius 3 is 2.29 bits per heavy atom. The van der Waals surface area contributed by atoms with Gasteiger partial charge < -0.3 is 15.2 Å². The second-order valence-electron chi connectivity index (χ2n) is 6.08. The molecule has 0 aromatic heterocycles. The number of phenols is 1. The van der Waals surface area contributed by atoms with Gasteiger partial charge in [0.1, 0.15) is 0 Å². The Morgan fingerprint density at radius 2 is 1.79 bits per heavy atom. The quantitative estimate of drug-likeness (QED) is 0.602. The fourth-order valence-corrected chi connectivity index (χ4v) is 3.91. The molecule has 0 aliphatic carbocycles. The van der Waals surface area contributed by atoms with Crippen molar-refractivity contribution in [3.05, 3.63) is 20.6 Å². The maximum Gasteiger partial charge on any atom is 0.173 e. The number of piperazine rings is 1. The third-order valence-electron chi connectivity index (χ3n) is 4.04. The van der Waals surface area contributed by atoms with Crippen molar-refractivity contribution in [2.75, 3.05) is 33.3 Å². The van der Waals surface area contributed by atoms with Crippen LogP contribution >= 0.6 is 56.7 Å². The summed E-state index contributed by atoms with van der Waals surface area (Å²) >= 11 is 7.12. The average Bonchev–Trinajstić information content (AvgIpc) is 2.52. The molecular weight excluding hydrogens is 483 g/mol. The molecule has 1 atom stereocenters. The molecule has 24 heavy (non-hydrogen) atoms. The summed E-state index contributed by atoms with van der Waals surface area (Å²) in [7, 11) is 1.58. The Hall–Kier alpha value is 0.280. The summed E-state index contributed by atoms with van der Waals surface area (Å²) in [5.41, 5.74) is 1.16. The second kappa shape index (κ2) is 11.1. The van der Waals surface area contributed by atoms with Gasteiger partial charge in [-0.25, -0.2) is 0 Å². The number of rotatable bonds is 5. The highest BCUT2D eigenvalue weighted by atomic mass is 79.9. The lowest BCUT2D eigenvalue weighted by molar-refractivity contribution is 0.153. The number of benzene rings is 1. The van der Waals surface area contributed by atoms with Gasteiger partial charge in [0.05, 0.1) is 11.6 Å². The lowest BCUT2D eigenvalue weighted by atomic mass is 9.94. The smallest absolute Gasteiger partial charge is 0.173 e. The van der Waals surface area contributed by atoms with Crippen LogP contribution in [0, 0.1) is 5.92 Å². The fourth-order valence-electron chi connectivity index (χ4n) is 2.92. The van der Waals surface area contributed by atoms with E-state index in [9.17, 15) is 5.11 Å². The van der Waals surface area contributed by atoms with Crippen molar-refractivity contribution in [1.82, 2.24) is 10.2 Å². The van der Waals surface area contributed by atoms with Crippen LogP contribution in [0.2, 0.25) is 0 Å². The molecule has 1 aliphatic heterocycles. The van der Waals surface area contributed by atoms with Gasteiger partial charge in [-0.3, -0.25) is 4.90 Å². The standard InChI is InChI=1S/C16H24Br2N2O2.2ClH/c1-10(2)8-12(20-6-4-19-5-7-20)11-9-13(22-3)16(21)15(18)14(11)17;;/h9-10,12,19,21H,4-8H2,1-3H3;2*1H/t12-;;/m0../s1. The fraction of sp³-hybridized carbons (Fsp3) is 0.625. The molecule has 0 spiro atoms. The molecule has 0 radical (unpaired) electrons. The Labute approximate surface area is 173 Å². The monoisotopic (exact) mass is 506 g/mol. The normalized spacial score (nSPS) is 16.2. The van der Waals surface area contributed by atoms with E-state index in [1.165, 1.54) is 0 Å². The van der Waals surface area contributed by atoms with Crippen LogP contribution in [0.4, 0.5) is 0 Å². The van der Waals surface area contributed by atoms with E-state index >= 15 is 0 Å². The molecule has 0 unspecified atom stereocenters. The van der Waals surface area contributed by atoms with E-state index in [2.05, 4.69) is 55.9 Å². The molecule has 0 bridgehead atoms. The third kappa shape index (κ3) is 5.64. The highest BCUT2D eigenvalue weighted by molar-refractivity contribution is 9.13. The molecule has 8 heteroatoms. The highest BCUT2D eigenvalue weighted by Crippen LogP contribution is 2.45. The van der Waals surface area contributed by atoms with E-state index in [4.69, 9.17) is 4.74 Å². The maximum atomic E-state index is 10.2. The number of nitrogens with one attached hydrogen (secondary N) is 1. The summed E-state index contributed by atoms with van der Waals surface area (Å²) in [5.74, 6) is 1.24. The number of methoxy groups -OCH3 is 1. The predicted octanol–water partition coefficient (Wildman–Crippen LogP) is 4.76. The predicted molar refractivity (Wildman–Crippen MR) is 111 cm³/mol. The Kier molecular flexibility index (Phi) is 11.2. The first-order chi connectivity index (χ1) is 10.5. The van der Waals surface area contributed by atoms with Crippen LogP contribution in [0.15, 0.2) is 15.0 Å². The van der Waals surface area contributed by atoms with Gasteiger partial charge in [-0.15, -0.1) is 24.8 Å². The molecule has 1 aromatic carbocycles. The minimum Gasteiger partial charge on any atom is -0.503 e. The summed E-state index contributed by atoms with van der Waals surface area (Å²) in [4.78, 5) is 2.51. The number of hydrogen-bond donors (Lipinski definition) is 2. The first-order valence-corrected chi connectivity index (χ1v) is 9.23. The molecular formula is C16H26Br2Cl2N2O2. The van der Waals surface area contributed by atoms with Crippen molar-refractivity contribution < 1.29 is 9.84 Å².